The zero-order chi connectivity index (χ0) is 19.5. The molecular formula is C19H26O7. The SMILES string of the molecule is C=C(C)C(=O)OCCCCCCCCOC(=O)c1cc(O)c(O)c(O)c1. The minimum Gasteiger partial charge on any atom is -0.504 e. The second-order valence-corrected chi connectivity index (χ2v) is 6.04. The molecule has 0 unspecified atom stereocenters. The maximum absolute atomic E-state index is 11.8. The Bertz CT molecular complexity index is 614. The molecular weight excluding hydrogens is 340 g/mol. The van der Waals surface area contributed by atoms with Gasteiger partial charge in [-0.05, 0) is 31.9 Å². The number of phenols is 3. The van der Waals surface area contributed by atoms with Crippen LogP contribution in [-0.4, -0.2) is 40.5 Å². The molecule has 7 nitrogen and oxygen atoms in total. The van der Waals surface area contributed by atoms with Gasteiger partial charge in [0.1, 0.15) is 0 Å². The number of ether oxygens (including phenoxy) is 2. The molecule has 0 aliphatic carbocycles. The first kappa shape index (κ1) is 21.3. The summed E-state index contributed by atoms with van der Waals surface area (Å²) in [6.45, 7) is 5.76. The standard InChI is InChI=1S/C19H26O7/c1-13(2)18(23)25-9-7-5-3-4-6-8-10-26-19(24)14-11-15(20)17(22)16(21)12-14/h11-12,20-22H,1,3-10H2,2H3. The lowest BCUT2D eigenvalue weighted by Gasteiger charge is -2.07. The molecule has 3 N–H and O–H groups in total. The third-order valence-electron chi connectivity index (χ3n) is 3.66. The lowest BCUT2D eigenvalue weighted by atomic mass is 10.1. The van der Waals surface area contributed by atoms with E-state index in [4.69, 9.17) is 9.47 Å². The Hall–Kier alpha value is -2.70. The second-order valence-electron chi connectivity index (χ2n) is 6.04. The maximum atomic E-state index is 11.8. The zero-order valence-corrected chi connectivity index (χ0v) is 15.0. The molecule has 0 saturated carbocycles. The minimum atomic E-state index is -0.671. The third-order valence-corrected chi connectivity index (χ3v) is 3.66. The van der Waals surface area contributed by atoms with Gasteiger partial charge in [0.15, 0.2) is 17.2 Å². The normalized spacial score (nSPS) is 10.3. The highest BCUT2D eigenvalue weighted by Gasteiger charge is 2.14. The number of hydrogen-bond donors (Lipinski definition) is 3. The van der Waals surface area contributed by atoms with Crippen LogP contribution in [0.25, 0.3) is 0 Å². The summed E-state index contributed by atoms with van der Waals surface area (Å²) in [6.07, 6.45) is 5.33. The quantitative estimate of drug-likeness (QED) is 0.238. The summed E-state index contributed by atoms with van der Waals surface area (Å²) in [5, 5.41) is 28.0. The Balaban J connectivity index is 2.08. The smallest absolute Gasteiger partial charge is 0.338 e. The van der Waals surface area contributed by atoms with Crippen molar-refractivity contribution in [1.82, 2.24) is 0 Å². The van der Waals surface area contributed by atoms with Gasteiger partial charge in [0.05, 0.1) is 18.8 Å². The highest BCUT2D eigenvalue weighted by Crippen LogP contribution is 2.35. The van der Waals surface area contributed by atoms with Crippen LogP contribution in [0.15, 0.2) is 24.3 Å². The van der Waals surface area contributed by atoms with Crippen LogP contribution in [0.1, 0.15) is 55.8 Å². The lowest BCUT2D eigenvalue weighted by Crippen LogP contribution is -2.06. The van der Waals surface area contributed by atoms with Crippen LogP contribution in [0.2, 0.25) is 0 Å². The fourth-order valence-electron chi connectivity index (χ4n) is 2.17. The van der Waals surface area contributed by atoms with E-state index in [1.807, 2.05) is 0 Å². The van der Waals surface area contributed by atoms with Crippen LogP contribution in [0.5, 0.6) is 17.2 Å². The first-order valence-electron chi connectivity index (χ1n) is 8.57. The predicted octanol–water partition coefficient (Wildman–Crippen LogP) is 3.42. The highest BCUT2D eigenvalue weighted by atomic mass is 16.5. The molecule has 144 valence electrons. The molecule has 0 saturated heterocycles. The molecule has 0 aliphatic heterocycles. The van der Waals surface area contributed by atoms with Crippen LogP contribution in [0, 0.1) is 0 Å². The van der Waals surface area contributed by atoms with Crippen molar-refractivity contribution in [3.8, 4) is 17.2 Å². The lowest BCUT2D eigenvalue weighted by molar-refractivity contribution is -0.139. The number of rotatable bonds is 11. The molecule has 0 radical (unpaired) electrons. The van der Waals surface area contributed by atoms with Gasteiger partial charge in [-0.25, -0.2) is 9.59 Å². The van der Waals surface area contributed by atoms with E-state index in [1.54, 1.807) is 6.92 Å². The highest BCUT2D eigenvalue weighted by molar-refractivity contribution is 5.91. The van der Waals surface area contributed by atoms with Crippen molar-refractivity contribution < 1.29 is 34.4 Å². The molecule has 0 bridgehead atoms. The molecule has 0 amide bonds. The van der Waals surface area contributed by atoms with Gasteiger partial charge < -0.3 is 24.8 Å². The molecule has 0 atom stereocenters. The maximum Gasteiger partial charge on any atom is 0.338 e. The average Bonchev–Trinajstić information content (AvgIpc) is 2.60. The summed E-state index contributed by atoms with van der Waals surface area (Å²) in [5.41, 5.74) is 0.374. The van der Waals surface area contributed by atoms with E-state index in [-0.39, 0.29) is 18.1 Å². The number of hydrogen-bond acceptors (Lipinski definition) is 7. The van der Waals surface area contributed by atoms with Crippen molar-refractivity contribution in [1.29, 1.82) is 0 Å². The minimum absolute atomic E-state index is 0.0258. The van der Waals surface area contributed by atoms with E-state index in [1.165, 1.54) is 0 Å². The van der Waals surface area contributed by atoms with Gasteiger partial charge in [-0.2, -0.15) is 0 Å². The Morgan fingerprint density at radius 1 is 0.885 bits per heavy atom. The van der Waals surface area contributed by atoms with E-state index < -0.39 is 23.2 Å². The van der Waals surface area contributed by atoms with Gasteiger partial charge in [0, 0.05) is 5.57 Å². The van der Waals surface area contributed by atoms with Crippen molar-refractivity contribution in [2.75, 3.05) is 13.2 Å². The Morgan fingerprint density at radius 2 is 1.35 bits per heavy atom. The Kier molecular flexibility index (Phi) is 9.05. The van der Waals surface area contributed by atoms with Gasteiger partial charge in [0.25, 0.3) is 0 Å². The summed E-state index contributed by atoms with van der Waals surface area (Å²) in [4.78, 5) is 23.0. The van der Waals surface area contributed by atoms with Gasteiger partial charge in [-0.3, -0.25) is 0 Å². The van der Waals surface area contributed by atoms with Crippen LogP contribution in [-0.2, 0) is 14.3 Å². The van der Waals surface area contributed by atoms with Crippen molar-refractivity contribution in [2.24, 2.45) is 0 Å². The first-order valence-corrected chi connectivity index (χ1v) is 8.57. The molecule has 0 spiro atoms. The number of aromatic hydroxyl groups is 3. The second kappa shape index (κ2) is 11.0. The summed E-state index contributed by atoms with van der Waals surface area (Å²) in [6, 6.07) is 2.08. The van der Waals surface area contributed by atoms with Crippen molar-refractivity contribution in [2.45, 2.75) is 45.4 Å². The molecule has 26 heavy (non-hydrogen) atoms. The number of carbonyl (C=O) groups excluding carboxylic acids is 2. The molecule has 0 aromatic heterocycles. The van der Waals surface area contributed by atoms with Crippen molar-refractivity contribution >= 4 is 11.9 Å². The topological polar surface area (TPSA) is 113 Å². The van der Waals surface area contributed by atoms with E-state index in [2.05, 4.69) is 6.58 Å². The van der Waals surface area contributed by atoms with Gasteiger partial charge >= 0.3 is 11.9 Å². The summed E-state index contributed by atoms with van der Waals surface area (Å²) >= 11 is 0. The first-order chi connectivity index (χ1) is 12.3. The van der Waals surface area contributed by atoms with Crippen molar-refractivity contribution in [3.63, 3.8) is 0 Å². The summed E-state index contributed by atoms with van der Waals surface area (Å²) < 4.78 is 10.1. The number of benzene rings is 1. The molecule has 0 fully saturated rings. The van der Waals surface area contributed by atoms with E-state index >= 15 is 0 Å². The molecule has 1 aromatic rings. The third kappa shape index (κ3) is 7.46. The fourth-order valence-corrected chi connectivity index (χ4v) is 2.17. The largest absolute Gasteiger partial charge is 0.504 e. The van der Waals surface area contributed by atoms with E-state index in [0.29, 0.717) is 18.6 Å². The molecule has 0 heterocycles. The molecule has 1 rings (SSSR count). The van der Waals surface area contributed by atoms with Gasteiger partial charge in [0.2, 0.25) is 0 Å². The molecule has 1 aromatic carbocycles. The van der Waals surface area contributed by atoms with Gasteiger partial charge in [-0.1, -0.05) is 32.3 Å². The van der Waals surface area contributed by atoms with E-state index in [0.717, 1.165) is 44.2 Å². The molecule has 0 aliphatic rings. The fraction of sp³-hybridized carbons (Fsp3) is 0.474. The van der Waals surface area contributed by atoms with Crippen LogP contribution in [0.4, 0.5) is 0 Å². The summed E-state index contributed by atoms with van der Waals surface area (Å²) in [5.74, 6) is -2.86. The average molecular weight is 366 g/mol. The molecule has 7 heteroatoms. The van der Waals surface area contributed by atoms with Crippen LogP contribution < -0.4 is 0 Å². The Morgan fingerprint density at radius 3 is 1.85 bits per heavy atom. The summed E-state index contributed by atoms with van der Waals surface area (Å²) in [7, 11) is 0. The number of carbonyl (C=O) groups is 2. The van der Waals surface area contributed by atoms with Gasteiger partial charge in [-0.15, -0.1) is 0 Å². The van der Waals surface area contributed by atoms with Crippen molar-refractivity contribution in [3.05, 3.63) is 29.8 Å². The monoisotopic (exact) mass is 366 g/mol. The predicted molar refractivity (Wildman–Crippen MR) is 95.2 cm³/mol. The Labute approximate surface area is 152 Å². The number of unbranched alkanes of at least 4 members (excludes halogenated alkanes) is 5. The zero-order valence-electron chi connectivity index (χ0n) is 15.0. The van der Waals surface area contributed by atoms with Crippen LogP contribution in [0.3, 0.4) is 0 Å². The van der Waals surface area contributed by atoms with E-state index in [9.17, 15) is 24.9 Å². The number of esters is 2. The number of phenolic OH excluding ortho intramolecular Hbond substituents is 3. The van der Waals surface area contributed by atoms with Crippen LogP contribution >= 0.6 is 0 Å².